The molecule has 2 heterocycles. The standard InChI is InChI=1S/C27H25N3O8S/c1-17(38-16-31)24-21-13-22(39-12-11-23(32)28-14-18-5-3-2-4-6-18)25(29(21)26(24)33)27(34)37-15-19-7-9-20(10-8-19)30(35)36/h2-12,16-17,21,24H,13-15H2,1H3,(H,28,32)/t17-,21-,24-/m1/s1. The van der Waals surface area contributed by atoms with Gasteiger partial charge in [0.2, 0.25) is 11.8 Å². The fraction of sp³-hybridized carbons (Fsp3) is 0.259. The minimum absolute atomic E-state index is 0.0702. The molecule has 1 fully saturated rings. The Hall–Kier alpha value is -4.45. The van der Waals surface area contributed by atoms with Gasteiger partial charge in [-0.2, -0.15) is 0 Å². The summed E-state index contributed by atoms with van der Waals surface area (Å²) in [7, 11) is 0. The summed E-state index contributed by atoms with van der Waals surface area (Å²) >= 11 is 1.13. The van der Waals surface area contributed by atoms with Crippen LogP contribution in [-0.4, -0.2) is 46.2 Å². The van der Waals surface area contributed by atoms with E-state index in [0.29, 0.717) is 23.4 Å². The summed E-state index contributed by atoms with van der Waals surface area (Å²) in [5.74, 6) is -2.03. The summed E-state index contributed by atoms with van der Waals surface area (Å²) < 4.78 is 10.4. The molecule has 0 unspecified atom stereocenters. The molecule has 2 amide bonds. The normalized spacial score (nSPS) is 18.8. The topological polar surface area (TPSA) is 145 Å². The number of hydrogen-bond acceptors (Lipinski definition) is 9. The number of carbonyl (C=O) groups is 4. The van der Waals surface area contributed by atoms with Gasteiger partial charge in [0.1, 0.15) is 18.4 Å². The van der Waals surface area contributed by atoms with E-state index in [1.807, 2.05) is 30.3 Å². The first-order valence-corrected chi connectivity index (χ1v) is 12.9. The Labute approximate surface area is 228 Å². The third-order valence-corrected chi connectivity index (χ3v) is 7.31. The first-order valence-electron chi connectivity index (χ1n) is 12.0. The molecule has 0 bridgehead atoms. The van der Waals surface area contributed by atoms with Crippen molar-refractivity contribution < 1.29 is 33.6 Å². The molecule has 2 aromatic carbocycles. The van der Waals surface area contributed by atoms with Gasteiger partial charge in [-0.1, -0.05) is 42.1 Å². The van der Waals surface area contributed by atoms with Gasteiger partial charge in [-0.05, 0) is 35.6 Å². The molecule has 0 aliphatic carbocycles. The Morgan fingerprint density at radius 3 is 2.56 bits per heavy atom. The highest BCUT2D eigenvalue weighted by Crippen LogP contribution is 2.48. The van der Waals surface area contributed by atoms with E-state index in [9.17, 15) is 29.3 Å². The third kappa shape index (κ3) is 6.34. The minimum atomic E-state index is -0.740. The number of carbonyl (C=O) groups excluding carboxylic acids is 4. The summed E-state index contributed by atoms with van der Waals surface area (Å²) in [6, 6.07) is 14.6. The number of ether oxygens (including phenoxy) is 2. The maximum atomic E-state index is 13.1. The number of nitro groups is 1. The average Bonchev–Trinajstić information content (AvgIpc) is 3.25. The third-order valence-electron chi connectivity index (χ3n) is 6.39. The SMILES string of the molecule is C[C@@H](OC=O)[C@H]1C(=O)N2C(C(=O)OCc3ccc([N+](=O)[O-])cc3)=C(SC=CC(=O)NCc3ccccc3)C[C@H]12. The number of nitrogens with one attached hydrogen (secondary N) is 1. The van der Waals surface area contributed by atoms with Crippen LogP contribution in [-0.2, 0) is 41.8 Å². The van der Waals surface area contributed by atoms with E-state index >= 15 is 0 Å². The minimum Gasteiger partial charge on any atom is -0.464 e. The number of non-ortho nitro benzene ring substituents is 1. The lowest BCUT2D eigenvalue weighted by Gasteiger charge is -2.45. The van der Waals surface area contributed by atoms with Gasteiger partial charge in [-0.25, -0.2) is 4.79 Å². The number of β-lactam (4-membered cyclic amide) rings is 1. The van der Waals surface area contributed by atoms with Crippen molar-refractivity contribution in [2.75, 3.05) is 0 Å². The van der Waals surface area contributed by atoms with Crippen molar-refractivity contribution >= 4 is 41.7 Å². The molecule has 1 saturated heterocycles. The maximum absolute atomic E-state index is 13.1. The van der Waals surface area contributed by atoms with Crippen LogP contribution in [0.15, 0.2) is 76.7 Å². The summed E-state index contributed by atoms with van der Waals surface area (Å²) in [5.41, 5.74) is 1.47. The number of amides is 2. The quantitative estimate of drug-likeness (QED) is 0.105. The second-order valence-corrected chi connectivity index (χ2v) is 9.84. The smallest absolute Gasteiger partial charge is 0.356 e. The van der Waals surface area contributed by atoms with Crippen LogP contribution in [0.1, 0.15) is 24.5 Å². The highest BCUT2D eigenvalue weighted by molar-refractivity contribution is 8.05. The van der Waals surface area contributed by atoms with E-state index in [1.54, 1.807) is 6.92 Å². The number of rotatable bonds is 12. The second-order valence-electron chi connectivity index (χ2n) is 8.84. The van der Waals surface area contributed by atoms with E-state index < -0.39 is 29.0 Å². The van der Waals surface area contributed by atoms with Crippen LogP contribution in [0, 0.1) is 16.0 Å². The molecule has 2 aromatic rings. The molecule has 4 rings (SSSR count). The lowest BCUT2D eigenvalue weighted by atomic mass is 9.83. The predicted molar refractivity (Wildman–Crippen MR) is 140 cm³/mol. The van der Waals surface area contributed by atoms with Crippen molar-refractivity contribution in [1.29, 1.82) is 0 Å². The molecule has 1 N–H and O–H groups in total. The molecule has 202 valence electrons. The molecule has 2 aliphatic heterocycles. The molecule has 0 spiro atoms. The molecular weight excluding hydrogens is 526 g/mol. The molecule has 2 aliphatic rings. The molecule has 0 radical (unpaired) electrons. The molecule has 0 saturated carbocycles. The van der Waals surface area contributed by atoms with Crippen molar-refractivity contribution in [3.05, 3.63) is 97.9 Å². The van der Waals surface area contributed by atoms with E-state index in [2.05, 4.69) is 5.32 Å². The Morgan fingerprint density at radius 1 is 1.18 bits per heavy atom. The fourth-order valence-corrected chi connectivity index (χ4v) is 5.35. The number of nitro benzene ring substituents is 1. The summed E-state index contributed by atoms with van der Waals surface area (Å²) in [6.45, 7) is 2.10. The van der Waals surface area contributed by atoms with Crippen molar-refractivity contribution in [2.24, 2.45) is 5.92 Å². The highest BCUT2D eigenvalue weighted by atomic mass is 32.2. The number of hydrogen-bond donors (Lipinski definition) is 1. The van der Waals surface area contributed by atoms with Crippen LogP contribution in [0.5, 0.6) is 0 Å². The maximum Gasteiger partial charge on any atom is 0.356 e. The first kappa shape index (κ1) is 27.6. The number of nitrogens with zero attached hydrogens (tertiary/aromatic N) is 2. The van der Waals surface area contributed by atoms with E-state index in [4.69, 9.17) is 9.47 Å². The Morgan fingerprint density at radius 2 is 1.90 bits per heavy atom. The fourth-order valence-electron chi connectivity index (χ4n) is 4.44. The van der Waals surface area contributed by atoms with E-state index in [1.165, 1.54) is 40.6 Å². The first-order chi connectivity index (χ1) is 18.8. The van der Waals surface area contributed by atoms with Crippen molar-refractivity contribution in [3.63, 3.8) is 0 Å². The summed E-state index contributed by atoms with van der Waals surface area (Å²) in [4.78, 5) is 61.3. The monoisotopic (exact) mass is 551 g/mol. The lowest BCUT2D eigenvalue weighted by molar-refractivity contribution is -0.384. The Bertz CT molecular complexity index is 1330. The Kier molecular flexibility index (Phi) is 8.77. The number of thioether (sulfide) groups is 1. The number of benzene rings is 2. The highest BCUT2D eigenvalue weighted by Gasteiger charge is 2.57. The Balaban J connectivity index is 1.44. The van der Waals surface area contributed by atoms with Gasteiger partial charge in [0, 0.05) is 36.1 Å². The zero-order valence-corrected chi connectivity index (χ0v) is 21.7. The molecule has 11 nitrogen and oxygen atoms in total. The zero-order chi connectivity index (χ0) is 27.9. The lowest BCUT2D eigenvalue weighted by Crippen LogP contribution is -2.62. The van der Waals surface area contributed by atoms with Gasteiger partial charge >= 0.3 is 5.97 Å². The van der Waals surface area contributed by atoms with Crippen LogP contribution in [0.3, 0.4) is 0 Å². The van der Waals surface area contributed by atoms with Crippen LogP contribution in [0.4, 0.5) is 5.69 Å². The predicted octanol–water partition coefficient (Wildman–Crippen LogP) is 3.21. The van der Waals surface area contributed by atoms with E-state index in [0.717, 1.165) is 17.3 Å². The largest absolute Gasteiger partial charge is 0.464 e. The number of esters is 1. The molecule has 39 heavy (non-hydrogen) atoms. The van der Waals surface area contributed by atoms with Gasteiger partial charge in [0.05, 0.1) is 16.9 Å². The summed E-state index contributed by atoms with van der Waals surface area (Å²) in [5, 5.41) is 15.2. The van der Waals surface area contributed by atoms with Gasteiger partial charge in [0.25, 0.3) is 12.2 Å². The molecule has 0 aromatic heterocycles. The molecule has 12 heteroatoms. The van der Waals surface area contributed by atoms with Gasteiger partial charge < -0.3 is 19.7 Å². The van der Waals surface area contributed by atoms with Gasteiger partial charge in [0.15, 0.2) is 0 Å². The summed E-state index contributed by atoms with van der Waals surface area (Å²) in [6.07, 6.45) is 0.996. The zero-order valence-electron chi connectivity index (χ0n) is 20.9. The van der Waals surface area contributed by atoms with Crippen molar-refractivity contribution in [3.8, 4) is 0 Å². The molecule has 3 atom stereocenters. The van der Waals surface area contributed by atoms with Crippen LogP contribution < -0.4 is 5.32 Å². The van der Waals surface area contributed by atoms with Crippen molar-refractivity contribution in [1.82, 2.24) is 10.2 Å². The second kappa shape index (κ2) is 12.4. The van der Waals surface area contributed by atoms with Crippen LogP contribution >= 0.6 is 11.8 Å². The number of fused-ring (bicyclic) bond motifs is 1. The molecular formula is C27H25N3O8S. The van der Waals surface area contributed by atoms with Crippen LogP contribution in [0.2, 0.25) is 0 Å². The van der Waals surface area contributed by atoms with Crippen LogP contribution in [0.25, 0.3) is 0 Å². The van der Waals surface area contributed by atoms with Gasteiger partial charge in [-0.3, -0.25) is 24.5 Å². The van der Waals surface area contributed by atoms with Gasteiger partial charge in [-0.15, -0.1) is 0 Å². The average molecular weight is 552 g/mol. The van der Waals surface area contributed by atoms with E-state index in [-0.39, 0.29) is 36.3 Å². The van der Waals surface area contributed by atoms with Crippen molar-refractivity contribution in [2.45, 2.75) is 38.6 Å².